The number of nitrogens with two attached hydrogens (primary N) is 1. The summed E-state index contributed by atoms with van der Waals surface area (Å²) >= 11 is 0. The van der Waals surface area contributed by atoms with Crippen LogP contribution in [0.2, 0.25) is 0 Å². The summed E-state index contributed by atoms with van der Waals surface area (Å²) in [4.78, 5) is -0.334. The Morgan fingerprint density at radius 1 is 1.35 bits per heavy atom. The monoisotopic (exact) mass is 304 g/mol. The van der Waals surface area contributed by atoms with Gasteiger partial charge in [0.25, 0.3) is 0 Å². The standard InChI is InChI=1S/C13H21FN2O3S/c1-3-16(7-8-19-4-2)20(17,18)13-9-11(10-15)5-6-12(13)14/h5-6,9H,3-4,7-8,10,15H2,1-2H3. The molecule has 0 amide bonds. The van der Waals surface area contributed by atoms with E-state index in [0.717, 1.165) is 6.07 Å². The van der Waals surface area contributed by atoms with Crippen molar-refractivity contribution in [1.82, 2.24) is 4.31 Å². The van der Waals surface area contributed by atoms with Crippen molar-refractivity contribution in [1.29, 1.82) is 0 Å². The zero-order valence-electron chi connectivity index (χ0n) is 11.8. The quantitative estimate of drug-likeness (QED) is 0.735. The molecule has 0 bridgehead atoms. The summed E-state index contributed by atoms with van der Waals surface area (Å²) in [5, 5.41) is 0. The van der Waals surface area contributed by atoms with E-state index >= 15 is 0 Å². The second-order valence-corrected chi connectivity index (χ2v) is 6.07. The molecule has 1 rings (SSSR count). The number of likely N-dealkylation sites (N-methyl/N-ethyl adjacent to an activating group) is 1. The third-order valence-corrected chi connectivity index (χ3v) is 4.88. The van der Waals surface area contributed by atoms with Gasteiger partial charge < -0.3 is 10.5 Å². The molecule has 1 aromatic carbocycles. The molecule has 20 heavy (non-hydrogen) atoms. The molecule has 0 saturated heterocycles. The minimum Gasteiger partial charge on any atom is -0.380 e. The summed E-state index contributed by atoms with van der Waals surface area (Å²) in [6.07, 6.45) is 0. The van der Waals surface area contributed by atoms with Crippen molar-refractivity contribution in [3.63, 3.8) is 0 Å². The summed E-state index contributed by atoms with van der Waals surface area (Å²) in [7, 11) is -3.87. The normalized spacial score (nSPS) is 12.1. The maximum atomic E-state index is 13.8. The van der Waals surface area contributed by atoms with Gasteiger partial charge in [-0.1, -0.05) is 13.0 Å². The van der Waals surface area contributed by atoms with Crippen LogP contribution < -0.4 is 5.73 Å². The fourth-order valence-electron chi connectivity index (χ4n) is 1.77. The van der Waals surface area contributed by atoms with Crippen LogP contribution in [0.5, 0.6) is 0 Å². The Morgan fingerprint density at radius 2 is 2.05 bits per heavy atom. The fraction of sp³-hybridized carbons (Fsp3) is 0.538. The molecule has 0 fully saturated rings. The van der Waals surface area contributed by atoms with E-state index in [2.05, 4.69) is 0 Å². The Bertz CT molecular complexity index is 534. The minimum atomic E-state index is -3.87. The number of ether oxygens (including phenoxy) is 1. The van der Waals surface area contributed by atoms with Gasteiger partial charge in [-0.2, -0.15) is 4.31 Å². The molecule has 0 saturated carbocycles. The first-order valence-electron chi connectivity index (χ1n) is 6.53. The molecule has 0 spiro atoms. The lowest BCUT2D eigenvalue weighted by atomic mass is 10.2. The third kappa shape index (κ3) is 3.99. The highest BCUT2D eigenvalue weighted by molar-refractivity contribution is 7.89. The number of halogens is 1. The van der Waals surface area contributed by atoms with Crippen LogP contribution in [0.3, 0.4) is 0 Å². The number of hydrogen-bond acceptors (Lipinski definition) is 4. The van der Waals surface area contributed by atoms with Crippen LogP contribution in [-0.4, -0.2) is 39.0 Å². The summed E-state index contributed by atoms with van der Waals surface area (Å²) < 4.78 is 45.0. The number of sulfonamides is 1. The first-order chi connectivity index (χ1) is 9.47. The van der Waals surface area contributed by atoms with Gasteiger partial charge in [0.05, 0.1) is 6.61 Å². The predicted molar refractivity (Wildman–Crippen MR) is 75.2 cm³/mol. The van der Waals surface area contributed by atoms with E-state index in [9.17, 15) is 12.8 Å². The van der Waals surface area contributed by atoms with E-state index in [-0.39, 0.29) is 31.1 Å². The summed E-state index contributed by atoms with van der Waals surface area (Å²) in [6.45, 7) is 4.92. The number of nitrogens with zero attached hydrogens (tertiary/aromatic N) is 1. The Kier molecular flexibility index (Phi) is 6.54. The smallest absolute Gasteiger partial charge is 0.246 e. The van der Waals surface area contributed by atoms with E-state index in [1.807, 2.05) is 6.92 Å². The third-order valence-electron chi connectivity index (χ3n) is 2.89. The maximum Gasteiger partial charge on any atom is 0.246 e. The molecule has 0 unspecified atom stereocenters. The summed E-state index contributed by atoms with van der Waals surface area (Å²) in [5.41, 5.74) is 6.04. The molecule has 0 aromatic heterocycles. The predicted octanol–water partition coefficient (Wildman–Crippen LogP) is 1.33. The Labute approximate surface area is 119 Å². The van der Waals surface area contributed by atoms with E-state index in [0.29, 0.717) is 12.2 Å². The summed E-state index contributed by atoms with van der Waals surface area (Å²) in [6, 6.07) is 3.89. The molecule has 0 radical (unpaired) electrons. The fourth-order valence-corrected chi connectivity index (χ4v) is 3.32. The van der Waals surface area contributed by atoms with Crippen molar-refractivity contribution in [2.24, 2.45) is 5.73 Å². The lowest BCUT2D eigenvalue weighted by Crippen LogP contribution is -2.34. The molecular formula is C13H21FN2O3S. The average molecular weight is 304 g/mol. The molecule has 0 aliphatic rings. The molecule has 0 heterocycles. The average Bonchev–Trinajstić information content (AvgIpc) is 2.43. The van der Waals surface area contributed by atoms with E-state index < -0.39 is 15.8 Å². The molecule has 7 heteroatoms. The minimum absolute atomic E-state index is 0.161. The topological polar surface area (TPSA) is 72.6 Å². The van der Waals surface area contributed by atoms with Gasteiger partial charge in [-0.3, -0.25) is 0 Å². The second kappa shape index (κ2) is 7.68. The van der Waals surface area contributed by atoms with Gasteiger partial charge in [-0.05, 0) is 24.6 Å². The first-order valence-corrected chi connectivity index (χ1v) is 7.97. The van der Waals surface area contributed by atoms with Gasteiger partial charge >= 0.3 is 0 Å². The molecular weight excluding hydrogens is 283 g/mol. The zero-order valence-corrected chi connectivity index (χ0v) is 12.6. The lowest BCUT2D eigenvalue weighted by Gasteiger charge is -2.21. The number of rotatable bonds is 8. The van der Waals surface area contributed by atoms with Gasteiger partial charge in [0.15, 0.2) is 0 Å². The summed E-state index contributed by atoms with van der Waals surface area (Å²) in [5.74, 6) is -0.767. The van der Waals surface area contributed by atoms with Crippen molar-refractivity contribution in [3.8, 4) is 0 Å². The number of benzene rings is 1. The largest absolute Gasteiger partial charge is 0.380 e. The molecule has 0 aliphatic carbocycles. The van der Waals surface area contributed by atoms with Crippen LogP contribution >= 0.6 is 0 Å². The Hall–Kier alpha value is -1.02. The zero-order chi connectivity index (χ0) is 15.2. The van der Waals surface area contributed by atoms with E-state index in [4.69, 9.17) is 10.5 Å². The van der Waals surface area contributed by atoms with Crippen LogP contribution in [0.1, 0.15) is 19.4 Å². The van der Waals surface area contributed by atoms with Gasteiger partial charge in [-0.25, -0.2) is 12.8 Å². The Balaban J connectivity index is 3.07. The first kappa shape index (κ1) is 17.0. The molecule has 0 aliphatic heterocycles. The SMILES string of the molecule is CCOCCN(CC)S(=O)(=O)c1cc(CN)ccc1F. The van der Waals surface area contributed by atoms with Gasteiger partial charge in [0, 0.05) is 26.2 Å². The molecule has 5 nitrogen and oxygen atoms in total. The second-order valence-electron chi connectivity index (χ2n) is 4.16. The van der Waals surface area contributed by atoms with Gasteiger partial charge in [0.2, 0.25) is 10.0 Å². The van der Waals surface area contributed by atoms with Crippen molar-refractivity contribution >= 4 is 10.0 Å². The lowest BCUT2D eigenvalue weighted by molar-refractivity contribution is 0.135. The highest BCUT2D eigenvalue weighted by Gasteiger charge is 2.26. The van der Waals surface area contributed by atoms with Crippen molar-refractivity contribution in [2.75, 3.05) is 26.3 Å². The molecule has 1 aromatic rings. The highest BCUT2D eigenvalue weighted by Crippen LogP contribution is 2.20. The van der Waals surface area contributed by atoms with Crippen LogP contribution in [-0.2, 0) is 21.3 Å². The molecule has 2 N–H and O–H groups in total. The van der Waals surface area contributed by atoms with Crippen LogP contribution in [0.4, 0.5) is 4.39 Å². The molecule has 114 valence electrons. The van der Waals surface area contributed by atoms with Crippen LogP contribution in [0.25, 0.3) is 0 Å². The van der Waals surface area contributed by atoms with Crippen molar-refractivity contribution in [2.45, 2.75) is 25.3 Å². The van der Waals surface area contributed by atoms with Crippen molar-refractivity contribution < 1.29 is 17.5 Å². The van der Waals surface area contributed by atoms with Gasteiger partial charge in [-0.15, -0.1) is 0 Å². The van der Waals surface area contributed by atoms with Crippen LogP contribution in [0.15, 0.2) is 23.1 Å². The molecule has 0 atom stereocenters. The maximum absolute atomic E-state index is 13.8. The van der Waals surface area contributed by atoms with Crippen LogP contribution in [0, 0.1) is 5.82 Å². The Morgan fingerprint density at radius 3 is 2.60 bits per heavy atom. The van der Waals surface area contributed by atoms with Gasteiger partial charge in [0.1, 0.15) is 10.7 Å². The number of hydrogen-bond donors (Lipinski definition) is 1. The van der Waals surface area contributed by atoms with E-state index in [1.165, 1.54) is 16.4 Å². The van der Waals surface area contributed by atoms with E-state index in [1.54, 1.807) is 6.92 Å². The van der Waals surface area contributed by atoms with Crippen molar-refractivity contribution in [3.05, 3.63) is 29.6 Å². The highest BCUT2D eigenvalue weighted by atomic mass is 32.2.